The smallest absolute Gasteiger partial charge is 0.242 e. The number of nitrogens with zero attached hydrogens (tertiary/aromatic N) is 1. The lowest BCUT2D eigenvalue weighted by Gasteiger charge is -2.35. The number of rotatable bonds is 3. The standard InChI is InChI=1S/C17H25N5O/c1-11-3-2-4-12-7-14(21-16(11)12)17(23)20-8-13-10-22-6-5-18-15(22)9-19-13/h2-4,13-15,18-19,21H,5-10H2,1H3,(H,20,23). The fourth-order valence-electron chi connectivity index (χ4n) is 3.90. The molecule has 124 valence electrons. The summed E-state index contributed by atoms with van der Waals surface area (Å²) in [4.78, 5) is 14.9. The van der Waals surface area contributed by atoms with E-state index in [0.29, 0.717) is 18.8 Å². The van der Waals surface area contributed by atoms with Crippen molar-refractivity contribution in [2.45, 2.75) is 31.6 Å². The fourth-order valence-corrected chi connectivity index (χ4v) is 3.90. The molecule has 2 fully saturated rings. The van der Waals surface area contributed by atoms with Gasteiger partial charge in [0, 0.05) is 50.9 Å². The Hall–Kier alpha value is -1.63. The first-order valence-corrected chi connectivity index (χ1v) is 8.54. The SMILES string of the molecule is Cc1cccc2c1NC(C(=O)NCC1CN3CCNC3CN1)C2. The molecule has 2 saturated heterocycles. The molecule has 4 rings (SSSR count). The lowest BCUT2D eigenvalue weighted by atomic mass is 10.1. The zero-order chi connectivity index (χ0) is 15.8. The van der Waals surface area contributed by atoms with E-state index < -0.39 is 0 Å². The lowest BCUT2D eigenvalue weighted by molar-refractivity contribution is -0.121. The first-order chi connectivity index (χ1) is 11.2. The summed E-state index contributed by atoms with van der Waals surface area (Å²) >= 11 is 0. The van der Waals surface area contributed by atoms with Gasteiger partial charge in [-0.2, -0.15) is 0 Å². The number of piperazine rings is 1. The monoisotopic (exact) mass is 315 g/mol. The molecular weight excluding hydrogens is 290 g/mol. The minimum absolute atomic E-state index is 0.101. The topological polar surface area (TPSA) is 68.4 Å². The summed E-state index contributed by atoms with van der Waals surface area (Å²) < 4.78 is 0. The second kappa shape index (κ2) is 6.11. The van der Waals surface area contributed by atoms with E-state index in [2.05, 4.69) is 51.3 Å². The number of carbonyl (C=O) groups is 1. The van der Waals surface area contributed by atoms with Crippen molar-refractivity contribution in [3.63, 3.8) is 0 Å². The Morgan fingerprint density at radius 2 is 2.30 bits per heavy atom. The molecule has 0 radical (unpaired) electrons. The number of nitrogens with one attached hydrogen (secondary N) is 4. The van der Waals surface area contributed by atoms with E-state index in [4.69, 9.17) is 0 Å². The van der Waals surface area contributed by atoms with Gasteiger partial charge in [0.2, 0.25) is 5.91 Å². The predicted molar refractivity (Wildman–Crippen MR) is 90.5 cm³/mol. The van der Waals surface area contributed by atoms with Gasteiger partial charge in [-0.3, -0.25) is 15.0 Å². The molecule has 1 amide bonds. The Balaban J connectivity index is 1.29. The van der Waals surface area contributed by atoms with Gasteiger partial charge in [0.15, 0.2) is 0 Å². The summed E-state index contributed by atoms with van der Waals surface area (Å²) in [6.07, 6.45) is 1.25. The Bertz CT molecular complexity index is 605. The van der Waals surface area contributed by atoms with Crippen LogP contribution in [0.2, 0.25) is 0 Å². The largest absolute Gasteiger partial charge is 0.373 e. The summed E-state index contributed by atoms with van der Waals surface area (Å²) in [7, 11) is 0. The summed E-state index contributed by atoms with van der Waals surface area (Å²) in [5, 5.41) is 13.5. The van der Waals surface area contributed by atoms with Crippen molar-refractivity contribution in [1.82, 2.24) is 20.9 Å². The number of para-hydroxylation sites is 1. The second-order valence-electron chi connectivity index (χ2n) is 6.83. The highest BCUT2D eigenvalue weighted by atomic mass is 16.2. The zero-order valence-electron chi connectivity index (χ0n) is 13.6. The highest BCUT2D eigenvalue weighted by molar-refractivity contribution is 5.87. The van der Waals surface area contributed by atoms with E-state index in [-0.39, 0.29) is 11.9 Å². The van der Waals surface area contributed by atoms with Crippen LogP contribution in [0.25, 0.3) is 0 Å². The maximum absolute atomic E-state index is 12.5. The van der Waals surface area contributed by atoms with E-state index in [1.807, 2.05) is 0 Å². The fraction of sp³-hybridized carbons (Fsp3) is 0.588. The van der Waals surface area contributed by atoms with Gasteiger partial charge in [0.25, 0.3) is 0 Å². The number of benzene rings is 1. The molecule has 3 aliphatic rings. The van der Waals surface area contributed by atoms with E-state index in [1.54, 1.807) is 0 Å². The summed E-state index contributed by atoms with van der Waals surface area (Å²) in [5.74, 6) is 0.101. The van der Waals surface area contributed by atoms with Gasteiger partial charge in [-0.25, -0.2) is 0 Å². The maximum atomic E-state index is 12.5. The number of anilines is 1. The van der Waals surface area contributed by atoms with Crippen LogP contribution in [0.3, 0.4) is 0 Å². The van der Waals surface area contributed by atoms with E-state index in [0.717, 1.165) is 38.3 Å². The molecule has 3 heterocycles. The Kier molecular flexibility index (Phi) is 3.97. The Morgan fingerprint density at radius 3 is 3.17 bits per heavy atom. The molecule has 3 atom stereocenters. The average molecular weight is 315 g/mol. The van der Waals surface area contributed by atoms with E-state index in [1.165, 1.54) is 11.1 Å². The van der Waals surface area contributed by atoms with Crippen molar-refractivity contribution >= 4 is 11.6 Å². The first kappa shape index (κ1) is 14.9. The number of fused-ring (bicyclic) bond motifs is 2. The number of amides is 1. The van der Waals surface area contributed by atoms with Gasteiger partial charge < -0.3 is 16.0 Å². The van der Waals surface area contributed by atoms with Crippen LogP contribution in [0.4, 0.5) is 5.69 Å². The average Bonchev–Trinajstić information content (AvgIpc) is 3.19. The minimum Gasteiger partial charge on any atom is -0.373 e. The molecule has 0 bridgehead atoms. The number of aryl methyl sites for hydroxylation is 1. The maximum Gasteiger partial charge on any atom is 0.242 e. The van der Waals surface area contributed by atoms with Crippen LogP contribution in [-0.4, -0.2) is 61.8 Å². The van der Waals surface area contributed by atoms with Crippen LogP contribution in [-0.2, 0) is 11.2 Å². The normalized spacial score (nSPS) is 29.7. The third kappa shape index (κ3) is 2.94. The van der Waals surface area contributed by atoms with Crippen LogP contribution in [0.15, 0.2) is 18.2 Å². The van der Waals surface area contributed by atoms with Crippen molar-refractivity contribution in [2.24, 2.45) is 0 Å². The van der Waals surface area contributed by atoms with Crippen LogP contribution in [0.1, 0.15) is 11.1 Å². The van der Waals surface area contributed by atoms with Crippen molar-refractivity contribution in [1.29, 1.82) is 0 Å². The molecule has 6 heteroatoms. The van der Waals surface area contributed by atoms with Gasteiger partial charge >= 0.3 is 0 Å². The number of hydrogen-bond donors (Lipinski definition) is 4. The van der Waals surface area contributed by atoms with Crippen LogP contribution in [0.5, 0.6) is 0 Å². The molecule has 0 aliphatic carbocycles. The molecule has 0 saturated carbocycles. The first-order valence-electron chi connectivity index (χ1n) is 8.54. The quantitative estimate of drug-likeness (QED) is 0.614. The van der Waals surface area contributed by atoms with Gasteiger partial charge in [-0.15, -0.1) is 0 Å². The summed E-state index contributed by atoms with van der Waals surface area (Å²) in [5.41, 5.74) is 3.58. The molecule has 3 unspecified atom stereocenters. The van der Waals surface area contributed by atoms with Gasteiger partial charge in [-0.05, 0) is 18.1 Å². The molecule has 3 aliphatic heterocycles. The number of hydrogen-bond acceptors (Lipinski definition) is 5. The minimum atomic E-state index is -0.143. The van der Waals surface area contributed by atoms with Gasteiger partial charge in [0.1, 0.15) is 6.04 Å². The predicted octanol–water partition coefficient (Wildman–Crippen LogP) is -0.349. The molecule has 4 N–H and O–H groups in total. The molecular formula is C17H25N5O. The summed E-state index contributed by atoms with van der Waals surface area (Å²) in [6.45, 7) is 6.89. The summed E-state index contributed by atoms with van der Waals surface area (Å²) in [6, 6.07) is 6.43. The third-order valence-corrected chi connectivity index (χ3v) is 5.22. The van der Waals surface area contributed by atoms with Gasteiger partial charge in [-0.1, -0.05) is 18.2 Å². The molecule has 0 spiro atoms. The van der Waals surface area contributed by atoms with E-state index in [9.17, 15) is 4.79 Å². The lowest BCUT2D eigenvalue weighted by Crippen LogP contribution is -2.60. The van der Waals surface area contributed by atoms with Crippen LogP contribution >= 0.6 is 0 Å². The van der Waals surface area contributed by atoms with Gasteiger partial charge in [0.05, 0.1) is 6.17 Å². The van der Waals surface area contributed by atoms with Crippen molar-refractivity contribution in [2.75, 3.05) is 38.0 Å². The molecule has 23 heavy (non-hydrogen) atoms. The third-order valence-electron chi connectivity index (χ3n) is 5.22. The van der Waals surface area contributed by atoms with Crippen molar-refractivity contribution < 1.29 is 4.79 Å². The Labute approximate surface area is 137 Å². The molecule has 1 aromatic carbocycles. The molecule has 6 nitrogen and oxygen atoms in total. The Morgan fingerprint density at radius 1 is 1.39 bits per heavy atom. The van der Waals surface area contributed by atoms with Crippen molar-refractivity contribution in [3.05, 3.63) is 29.3 Å². The van der Waals surface area contributed by atoms with Crippen molar-refractivity contribution in [3.8, 4) is 0 Å². The second-order valence-corrected chi connectivity index (χ2v) is 6.83. The van der Waals surface area contributed by atoms with Crippen LogP contribution < -0.4 is 21.3 Å². The van der Waals surface area contributed by atoms with E-state index >= 15 is 0 Å². The molecule has 1 aromatic rings. The molecule has 0 aromatic heterocycles. The highest BCUT2D eigenvalue weighted by Gasteiger charge is 2.32. The number of carbonyl (C=O) groups excluding carboxylic acids is 1. The zero-order valence-corrected chi connectivity index (χ0v) is 13.6. The van der Waals surface area contributed by atoms with Crippen LogP contribution in [0, 0.1) is 6.92 Å². The highest BCUT2D eigenvalue weighted by Crippen LogP contribution is 2.28.